The second kappa shape index (κ2) is 7.13. The van der Waals surface area contributed by atoms with Gasteiger partial charge in [0.1, 0.15) is 0 Å². The Balaban J connectivity index is 1.98. The highest BCUT2D eigenvalue weighted by Gasteiger charge is 2.12. The quantitative estimate of drug-likeness (QED) is 0.648. The minimum atomic E-state index is 0.887. The highest BCUT2D eigenvalue weighted by atomic mass is 127. The largest absolute Gasteiger partial charge is 0.261 e. The van der Waals surface area contributed by atoms with Crippen LogP contribution in [0.4, 0.5) is 0 Å². The molecule has 1 aliphatic rings. The summed E-state index contributed by atoms with van der Waals surface area (Å²) in [5, 5.41) is 5.34. The molecule has 1 heterocycles. The summed E-state index contributed by atoms with van der Waals surface area (Å²) in [5.41, 5.74) is 5.31. The highest BCUT2D eigenvalue weighted by Crippen LogP contribution is 2.15. The van der Waals surface area contributed by atoms with E-state index in [2.05, 4.69) is 69.3 Å². The summed E-state index contributed by atoms with van der Waals surface area (Å²) >= 11 is 4.04. The van der Waals surface area contributed by atoms with Gasteiger partial charge in [-0.1, -0.05) is 37.2 Å². The fourth-order valence-corrected chi connectivity index (χ4v) is 2.68. The molecule has 1 aromatic rings. The molecule has 0 saturated carbocycles. The standard InChI is InChI=1S/C13H16IN3S/c1-2-3-8-15-13-17-16-12(9-18-13)10-4-6-11(14)7-5-10/h4-7H,2-3,8-9H2,1H3,(H,15,17). The Morgan fingerprint density at radius 1 is 1.39 bits per heavy atom. The Bertz CT molecular complexity index is 454. The summed E-state index contributed by atoms with van der Waals surface area (Å²) < 4.78 is 1.25. The van der Waals surface area contributed by atoms with Crippen LogP contribution >= 0.6 is 34.4 Å². The molecule has 3 nitrogen and oxygen atoms in total. The van der Waals surface area contributed by atoms with Crippen molar-refractivity contribution in [3.63, 3.8) is 0 Å². The van der Waals surface area contributed by atoms with E-state index in [4.69, 9.17) is 0 Å². The molecule has 0 spiro atoms. The molecular formula is C13H16IN3S. The molecule has 2 rings (SSSR count). The molecule has 0 saturated heterocycles. The number of rotatable bonds is 4. The number of unbranched alkanes of at least 4 members (excludes halogenated alkanes) is 1. The lowest BCUT2D eigenvalue weighted by atomic mass is 10.1. The molecule has 1 aromatic carbocycles. The molecular weight excluding hydrogens is 357 g/mol. The highest BCUT2D eigenvalue weighted by molar-refractivity contribution is 14.1. The van der Waals surface area contributed by atoms with Gasteiger partial charge in [0, 0.05) is 15.9 Å². The number of aliphatic imine (C=N–C) groups is 1. The van der Waals surface area contributed by atoms with Gasteiger partial charge in [0.2, 0.25) is 0 Å². The van der Waals surface area contributed by atoms with Crippen molar-refractivity contribution in [2.24, 2.45) is 10.1 Å². The summed E-state index contributed by atoms with van der Waals surface area (Å²) in [7, 11) is 0. The molecule has 0 radical (unpaired) electrons. The Hall–Kier alpha value is -0.560. The monoisotopic (exact) mass is 373 g/mol. The van der Waals surface area contributed by atoms with Crippen LogP contribution in [-0.4, -0.2) is 23.2 Å². The zero-order valence-corrected chi connectivity index (χ0v) is 13.3. The van der Waals surface area contributed by atoms with Gasteiger partial charge in [-0.15, -0.1) is 0 Å². The van der Waals surface area contributed by atoms with E-state index in [0.29, 0.717) is 0 Å². The minimum Gasteiger partial charge on any atom is -0.261 e. The third-order valence-corrected chi connectivity index (χ3v) is 4.21. The van der Waals surface area contributed by atoms with Crippen molar-refractivity contribution in [3.05, 3.63) is 33.4 Å². The van der Waals surface area contributed by atoms with Crippen LogP contribution < -0.4 is 5.43 Å². The van der Waals surface area contributed by atoms with Crippen LogP contribution in [0.5, 0.6) is 0 Å². The molecule has 0 unspecified atom stereocenters. The van der Waals surface area contributed by atoms with E-state index in [0.717, 1.165) is 29.6 Å². The van der Waals surface area contributed by atoms with E-state index >= 15 is 0 Å². The second-order valence-corrected chi connectivity index (χ2v) is 6.22. The molecule has 0 bridgehead atoms. The van der Waals surface area contributed by atoms with Crippen LogP contribution in [0.25, 0.3) is 0 Å². The van der Waals surface area contributed by atoms with Gasteiger partial charge in [-0.2, -0.15) is 5.10 Å². The average Bonchev–Trinajstić information content (AvgIpc) is 2.41. The number of hydrogen-bond acceptors (Lipinski definition) is 3. The van der Waals surface area contributed by atoms with Crippen molar-refractivity contribution in [1.29, 1.82) is 0 Å². The van der Waals surface area contributed by atoms with E-state index in [1.165, 1.54) is 15.6 Å². The van der Waals surface area contributed by atoms with E-state index in [-0.39, 0.29) is 0 Å². The number of hydrazone groups is 1. The zero-order chi connectivity index (χ0) is 12.8. The molecule has 0 aromatic heterocycles. The third kappa shape index (κ3) is 3.98. The number of hydrogen-bond donors (Lipinski definition) is 1. The van der Waals surface area contributed by atoms with Gasteiger partial charge in [-0.05, 0) is 46.7 Å². The first kappa shape index (κ1) is 13.9. The minimum absolute atomic E-state index is 0.887. The van der Waals surface area contributed by atoms with E-state index in [1.807, 2.05) is 0 Å². The lowest BCUT2D eigenvalue weighted by Gasteiger charge is -2.14. The number of nitrogens with zero attached hydrogens (tertiary/aromatic N) is 2. The van der Waals surface area contributed by atoms with Gasteiger partial charge in [-0.3, -0.25) is 10.4 Å². The van der Waals surface area contributed by atoms with Gasteiger partial charge in [-0.25, -0.2) is 0 Å². The van der Waals surface area contributed by atoms with Crippen molar-refractivity contribution in [2.45, 2.75) is 19.8 Å². The first-order valence-corrected chi connectivity index (χ1v) is 8.12. The van der Waals surface area contributed by atoms with Crippen LogP contribution in [0, 0.1) is 3.57 Å². The molecule has 0 amide bonds. The summed E-state index contributed by atoms with van der Waals surface area (Å²) in [4.78, 5) is 4.48. The van der Waals surface area contributed by atoms with Crippen molar-refractivity contribution in [2.75, 3.05) is 12.3 Å². The van der Waals surface area contributed by atoms with Crippen molar-refractivity contribution in [1.82, 2.24) is 5.43 Å². The van der Waals surface area contributed by atoms with E-state index in [9.17, 15) is 0 Å². The van der Waals surface area contributed by atoms with Crippen molar-refractivity contribution < 1.29 is 0 Å². The van der Waals surface area contributed by atoms with Gasteiger partial charge in [0.25, 0.3) is 0 Å². The maximum Gasteiger partial charge on any atom is 0.177 e. The number of nitrogens with one attached hydrogen (secondary N) is 1. The molecule has 1 N–H and O–H groups in total. The summed E-state index contributed by atoms with van der Waals surface area (Å²) in [6.45, 7) is 3.06. The van der Waals surface area contributed by atoms with Crippen LogP contribution in [0.15, 0.2) is 34.4 Å². The number of amidine groups is 1. The van der Waals surface area contributed by atoms with Crippen molar-refractivity contribution in [3.8, 4) is 0 Å². The summed E-state index contributed by atoms with van der Waals surface area (Å²) in [5.74, 6) is 0.887. The normalized spacial score (nSPS) is 17.4. The summed E-state index contributed by atoms with van der Waals surface area (Å²) in [6, 6.07) is 8.44. The van der Waals surface area contributed by atoms with Gasteiger partial charge >= 0.3 is 0 Å². The molecule has 0 fully saturated rings. The predicted octanol–water partition coefficient (Wildman–Crippen LogP) is 3.49. The smallest absolute Gasteiger partial charge is 0.177 e. The molecule has 5 heteroatoms. The molecule has 1 aliphatic heterocycles. The Morgan fingerprint density at radius 2 is 2.17 bits per heavy atom. The Morgan fingerprint density at radius 3 is 2.78 bits per heavy atom. The maximum atomic E-state index is 4.48. The van der Waals surface area contributed by atoms with Crippen LogP contribution in [0.3, 0.4) is 0 Å². The lowest BCUT2D eigenvalue weighted by Crippen LogP contribution is -2.25. The zero-order valence-electron chi connectivity index (χ0n) is 10.3. The fraction of sp³-hybridized carbons (Fsp3) is 0.385. The molecule has 18 heavy (non-hydrogen) atoms. The van der Waals surface area contributed by atoms with Gasteiger partial charge < -0.3 is 0 Å². The number of benzene rings is 1. The van der Waals surface area contributed by atoms with Crippen LogP contribution in [0.2, 0.25) is 0 Å². The van der Waals surface area contributed by atoms with Gasteiger partial charge in [0.15, 0.2) is 5.17 Å². The maximum absolute atomic E-state index is 4.48. The van der Waals surface area contributed by atoms with Crippen molar-refractivity contribution >= 4 is 45.2 Å². The fourth-order valence-electron chi connectivity index (χ4n) is 1.53. The first-order chi connectivity index (χ1) is 8.79. The third-order valence-electron chi connectivity index (χ3n) is 2.58. The Kier molecular flexibility index (Phi) is 5.49. The summed E-state index contributed by atoms with van der Waals surface area (Å²) in [6.07, 6.45) is 2.32. The topological polar surface area (TPSA) is 36.8 Å². The Labute approximate surface area is 126 Å². The first-order valence-electron chi connectivity index (χ1n) is 6.05. The van der Waals surface area contributed by atoms with E-state index in [1.54, 1.807) is 11.8 Å². The molecule has 96 valence electrons. The van der Waals surface area contributed by atoms with Crippen LogP contribution in [0.1, 0.15) is 25.3 Å². The number of halogens is 1. The molecule has 0 aliphatic carbocycles. The van der Waals surface area contributed by atoms with Crippen LogP contribution in [-0.2, 0) is 0 Å². The van der Waals surface area contributed by atoms with Gasteiger partial charge in [0.05, 0.1) is 5.71 Å². The SMILES string of the molecule is CCCCN=C1NN=C(c2ccc(I)cc2)CS1. The second-order valence-electron chi connectivity index (χ2n) is 4.01. The lowest BCUT2D eigenvalue weighted by molar-refractivity contribution is 0.804. The molecule has 0 atom stereocenters. The average molecular weight is 373 g/mol. The van der Waals surface area contributed by atoms with E-state index < -0.39 is 0 Å². The number of thioether (sulfide) groups is 1. The predicted molar refractivity (Wildman–Crippen MR) is 88.5 cm³/mol.